The summed E-state index contributed by atoms with van der Waals surface area (Å²) in [5, 5.41) is 3.34. The van der Waals surface area contributed by atoms with Crippen molar-refractivity contribution >= 4 is 39.1 Å². The Morgan fingerprint density at radius 3 is 2.57 bits per heavy atom. The van der Waals surface area contributed by atoms with Gasteiger partial charge in [-0.3, -0.25) is 4.79 Å². The summed E-state index contributed by atoms with van der Waals surface area (Å²) in [5.74, 6) is 0.303. The van der Waals surface area contributed by atoms with Gasteiger partial charge in [0.05, 0.1) is 10.7 Å². The second kappa shape index (κ2) is 7.48. The Labute approximate surface area is 137 Å². The topological polar surface area (TPSA) is 38.3 Å². The van der Waals surface area contributed by atoms with Gasteiger partial charge in [-0.25, -0.2) is 0 Å². The quantitative estimate of drug-likeness (QED) is 0.815. The number of hydrogen-bond donors (Lipinski definition) is 1. The number of benzene rings is 2. The average molecular weight is 369 g/mol. The molecule has 0 bridgehead atoms. The Hall–Kier alpha value is -1.52. The smallest absolute Gasteiger partial charge is 0.265 e. The first-order valence-corrected chi connectivity index (χ1v) is 7.75. The fraction of sp³-hybridized carbons (Fsp3) is 0.188. The summed E-state index contributed by atoms with van der Waals surface area (Å²) in [5.41, 5.74) is 0.712. The molecule has 21 heavy (non-hydrogen) atoms. The zero-order valence-corrected chi connectivity index (χ0v) is 13.8. The molecule has 1 N–H and O–H groups in total. The van der Waals surface area contributed by atoms with E-state index in [1.54, 1.807) is 12.1 Å². The summed E-state index contributed by atoms with van der Waals surface area (Å²) in [6, 6.07) is 14.5. The molecule has 1 atom stereocenters. The van der Waals surface area contributed by atoms with Crippen molar-refractivity contribution in [3.63, 3.8) is 0 Å². The summed E-state index contributed by atoms with van der Waals surface area (Å²) in [6.45, 7) is 1.89. The lowest BCUT2D eigenvalue weighted by Crippen LogP contribution is -2.32. The Balaban J connectivity index is 2.09. The van der Waals surface area contributed by atoms with Gasteiger partial charge in [0.15, 0.2) is 6.10 Å². The lowest BCUT2D eigenvalue weighted by atomic mass is 10.2. The van der Waals surface area contributed by atoms with Crippen molar-refractivity contribution in [2.45, 2.75) is 19.4 Å². The van der Waals surface area contributed by atoms with Crippen LogP contribution in [-0.4, -0.2) is 12.0 Å². The van der Waals surface area contributed by atoms with Gasteiger partial charge in [0.25, 0.3) is 5.91 Å². The predicted molar refractivity (Wildman–Crippen MR) is 88.9 cm³/mol. The van der Waals surface area contributed by atoms with Crippen molar-refractivity contribution < 1.29 is 9.53 Å². The number of ether oxygens (including phenoxy) is 1. The van der Waals surface area contributed by atoms with E-state index in [-0.39, 0.29) is 5.91 Å². The Morgan fingerprint density at radius 1 is 1.24 bits per heavy atom. The van der Waals surface area contributed by atoms with Crippen LogP contribution in [0.4, 0.5) is 5.69 Å². The predicted octanol–water partition coefficient (Wildman–Crippen LogP) is 4.90. The summed E-state index contributed by atoms with van der Waals surface area (Å²) < 4.78 is 6.53. The minimum absolute atomic E-state index is 0.204. The number of amides is 1. The molecule has 0 spiro atoms. The van der Waals surface area contributed by atoms with Crippen molar-refractivity contribution in [1.82, 2.24) is 0 Å². The second-order valence-corrected chi connectivity index (χ2v) is 5.68. The first kappa shape index (κ1) is 15.9. The summed E-state index contributed by atoms with van der Waals surface area (Å²) in [7, 11) is 0. The molecule has 0 saturated heterocycles. The van der Waals surface area contributed by atoms with Crippen LogP contribution in [0, 0.1) is 0 Å². The Bertz CT molecular complexity index is 633. The minimum atomic E-state index is -0.600. The van der Waals surface area contributed by atoms with Gasteiger partial charge in [-0.1, -0.05) is 42.8 Å². The van der Waals surface area contributed by atoms with Crippen molar-refractivity contribution in [1.29, 1.82) is 0 Å². The summed E-state index contributed by atoms with van der Waals surface area (Å²) in [6.07, 6.45) is -0.0568. The molecule has 0 aliphatic rings. The molecule has 0 aliphatic carbocycles. The van der Waals surface area contributed by atoms with E-state index in [2.05, 4.69) is 21.2 Å². The number of nitrogens with one attached hydrogen (secondary N) is 1. The second-order valence-electron chi connectivity index (χ2n) is 4.41. The lowest BCUT2D eigenvalue weighted by molar-refractivity contribution is -0.122. The molecule has 0 aliphatic heterocycles. The van der Waals surface area contributed by atoms with Crippen LogP contribution in [0.1, 0.15) is 13.3 Å². The maximum Gasteiger partial charge on any atom is 0.265 e. The van der Waals surface area contributed by atoms with Gasteiger partial charge in [0.2, 0.25) is 0 Å². The molecular weight excluding hydrogens is 354 g/mol. The van der Waals surface area contributed by atoms with E-state index >= 15 is 0 Å². The molecule has 0 heterocycles. The number of carbonyl (C=O) groups excluding carboxylic acids is 1. The van der Waals surface area contributed by atoms with E-state index in [0.717, 1.165) is 4.47 Å². The number of anilines is 1. The average Bonchev–Trinajstić information content (AvgIpc) is 2.48. The highest BCUT2D eigenvalue weighted by molar-refractivity contribution is 9.10. The van der Waals surface area contributed by atoms with Crippen molar-refractivity contribution in [2.24, 2.45) is 0 Å². The maximum atomic E-state index is 12.3. The highest BCUT2D eigenvalue weighted by Gasteiger charge is 2.20. The van der Waals surface area contributed by atoms with Gasteiger partial charge in [-0.2, -0.15) is 0 Å². The van der Waals surface area contributed by atoms with Gasteiger partial charge >= 0.3 is 0 Å². The first-order chi connectivity index (χ1) is 10.1. The third kappa shape index (κ3) is 4.22. The zero-order chi connectivity index (χ0) is 15.2. The highest BCUT2D eigenvalue weighted by atomic mass is 79.9. The largest absolute Gasteiger partial charge is 0.479 e. The molecule has 0 aromatic heterocycles. The Morgan fingerprint density at radius 2 is 1.90 bits per heavy atom. The normalized spacial score (nSPS) is 11.8. The van der Waals surface area contributed by atoms with E-state index in [1.807, 2.05) is 43.3 Å². The molecule has 0 fully saturated rings. The van der Waals surface area contributed by atoms with Crippen LogP contribution in [0.15, 0.2) is 53.0 Å². The van der Waals surface area contributed by atoms with E-state index in [0.29, 0.717) is 22.9 Å². The molecule has 1 amide bonds. The van der Waals surface area contributed by atoms with E-state index in [9.17, 15) is 4.79 Å². The molecule has 3 nitrogen and oxygen atoms in total. The molecule has 110 valence electrons. The number of para-hydroxylation sites is 2. The fourth-order valence-corrected chi connectivity index (χ4v) is 2.36. The molecule has 2 aromatic carbocycles. The summed E-state index contributed by atoms with van der Waals surface area (Å²) in [4.78, 5) is 12.3. The molecular formula is C16H15BrClNO2. The number of halogens is 2. The minimum Gasteiger partial charge on any atom is -0.479 e. The zero-order valence-electron chi connectivity index (χ0n) is 11.5. The van der Waals surface area contributed by atoms with Crippen LogP contribution >= 0.6 is 27.5 Å². The maximum absolute atomic E-state index is 12.3. The fourth-order valence-electron chi connectivity index (χ4n) is 1.79. The third-order valence-electron chi connectivity index (χ3n) is 2.90. The molecule has 0 radical (unpaired) electrons. The summed E-state index contributed by atoms with van der Waals surface area (Å²) >= 11 is 9.45. The van der Waals surface area contributed by atoms with Crippen LogP contribution in [0.2, 0.25) is 5.02 Å². The van der Waals surface area contributed by atoms with Gasteiger partial charge < -0.3 is 10.1 Å². The highest BCUT2D eigenvalue weighted by Crippen LogP contribution is 2.26. The third-order valence-corrected chi connectivity index (χ3v) is 3.90. The standard InChI is InChI=1S/C16H15BrClNO2/c1-2-14(21-15-10-6-4-8-12(15)18)16(20)19-13-9-5-3-7-11(13)17/h3-10,14H,2H2,1H3,(H,19,20)/t14-/m1/s1. The van der Waals surface area contributed by atoms with Gasteiger partial charge in [-0.15, -0.1) is 0 Å². The van der Waals surface area contributed by atoms with Gasteiger partial charge in [0.1, 0.15) is 5.75 Å². The van der Waals surface area contributed by atoms with Gasteiger partial charge in [0, 0.05) is 4.47 Å². The van der Waals surface area contributed by atoms with Crippen molar-refractivity contribution in [3.8, 4) is 5.75 Å². The lowest BCUT2D eigenvalue weighted by Gasteiger charge is -2.18. The van der Waals surface area contributed by atoms with Crippen LogP contribution < -0.4 is 10.1 Å². The van der Waals surface area contributed by atoms with Gasteiger partial charge in [-0.05, 0) is 46.6 Å². The van der Waals surface area contributed by atoms with Crippen LogP contribution in [0.3, 0.4) is 0 Å². The molecule has 2 aromatic rings. The molecule has 2 rings (SSSR count). The molecule has 0 unspecified atom stereocenters. The van der Waals surface area contributed by atoms with E-state index in [4.69, 9.17) is 16.3 Å². The number of rotatable bonds is 5. The first-order valence-electron chi connectivity index (χ1n) is 6.58. The monoisotopic (exact) mass is 367 g/mol. The SMILES string of the molecule is CC[C@@H](Oc1ccccc1Cl)C(=O)Nc1ccccc1Br. The van der Waals surface area contributed by atoms with Crippen molar-refractivity contribution in [3.05, 3.63) is 58.0 Å². The van der Waals surface area contributed by atoms with E-state index in [1.165, 1.54) is 0 Å². The number of carbonyl (C=O) groups is 1. The molecule has 5 heteroatoms. The van der Waals surface area contributed by atoms with Crippen LogP contribution in [0.25, 0.3) is 0 Å². The van der Waals surface area contributed by atoms with E-state index < -0.39 is 6.10 Å². The molecule has 0 saturated carbocycles. The number of hydrogen-bond acceptors (Lipinski definition) is 2. The van der Waals surface area contributed by atoms with Crippen LogP contribution in [0.5, 0.6) is 5.75 Å². The van der Waals surface area contributed by atoms with Crippen molar-refractivity contribution in [2.75, 3.05) is 5.32 Å². The van der Waals surface area contributed by atoms with Crippen LogP contribution in [-0.2, 0) is 4.79 Å². The Kier molecular flexibility index (Phi) is 5.65.